The number of amides is 1. The lowest BCUT2D eigenvalue weighted by Gasteiger charge is -2.13. The van der Waals surface area contributed by atoms with Gasteiger partial charge in [0.15, 0.2) is 0 Å². The van der Waals surface area contributed by atoms with Crippen LogP contribution in [0.25, 0.3) is 0 Å². The Labute approximate surface area is 107 Å². The molecular formula is C12H22N4O2. The van der Waals surface area contributed by atoms with Crippen LogP contribution in [0.5, 0.6) is 0 Å². The van der Waals surface area contributed by atoms with Crippen molar-refractivity contribution in [2.24, 2.45) is 0 Å². The maximum Gasteiger partial charge on any atom is 0.271 e. The highest BCUT2D eigenvalue weighted by Crippen LogP contribution is 2.16. The first-order valence-corrected chi connectivity index (χ1v) is 6.23. The van der Waals surface area contributed by atoms with E-state index in [9.17, 15) is 4.79 Å². The van der Waals surface area contributed by atoms with Gasteiger partial charge in [0, 0.05) is 19.7 Å². The van der Waals surface area contributed by atoms with Crippen molar-refractivity contribution in [2.75, 3.05) is 18.9 Å². The number of nitrogen functional groups attached to an aromatic ring is 1. The number of carbonyl (C=O) groups excluding carboxylic acids is 1. The zero-order chi connectivity index (χ0) is 13.7. The number of nitrogens with one attached hydrogen (secondary N) is 1. The SMILES string of the molecule is CCOC(C)CNC(=O)c1c(N)c(C)nn1CC. The van der Waals surface area contributed by atoms with E-state index in [2.05, 4.69) is 10.4 Å². The quantitative estimate of drug-likeness (QED) is 0.791. The second-order valence-electron chi connectivity index (χ2n) is 4.14. The van der Waals surface area contributed by atoms with Crippen LogP contribution in [0.4, 0.5) is 5.69 Å². The Kier molecular flexibility index (Phi) is 5.15. The van der Waals surface area contributed by atoms with Crippen molar-refractivity contribution in [3.8, 4) is 0 Å². The molecule has 0 aliphatic heterocycles. The van der Waals surface area contributed by atoms with Gasteiger partial charge in [0.1, 0.15) is 5.69 Å². The standard InChI is InChI=1S/C12H22N4O2/c1-5-16-11(10(13)9(4)15-16)12(17)14-7-8(3)18-6-2/h8H,5-7,13H2,1-4H3,(H,14,17). The van der Waals surface area contributed by atoms with Crippen molar-refractivity contribution in [2.45, 2.75) is 40.3 Å². The smallest absolute Gasteiger partial charge is 0.271 e. The highest BCUT2D eigenvalue weighted by Gasteiger charge is 2.19. The Morgan fingerprint density at radius 2 is 2.22 bits per heavy atom. The molecule has 0 aromatic carbocycles. The van der Waals surface area contributed by atoms with E-state index in [1.165, 1.54) is 0 Å². The molecule has 1 aromatic heterocycles. The molecule has 102 valence electrons. The molecule has 1 rings (SSSR count). The van der Waals surface area contributed by atoms with Crippen LogP contribution in [-0.2, 0) is 11.3 Å². The molecule has 0 radical (unpaired) electrons. The minimum Gasteiger partial charge on any atom is -0.395 e. The van der Waals surface area contributed by atoms with Gasteiger partial charge < -0.3 is 15.8 Å². The Hall–Kier alpha value is -1.56. The number of aromatic nitrogens is 2. The lowest BCUT2D eigenvalue weighted by Crippen LogP contribution is -2.33. The maximum absolute atomic E-state index is 12.1. The van der Waals surface area contributed by atoms with Crippen molar-refractivity contribution < 1.29 is 9.53 Å². The van der Waals surface area contributed by atoms with Gasteiger partial charge in [0.25, 0.3) is 5.91 Å². The van der Waals surface area contributed by atoms with Crippen molar-refractivity contribution in [3.63, 3.8) is 0 Å². The van der Waals surface area contributed by atoms with E-state index < -0.39 is 0 Å². The number of hydrogen-bond donors (Lipinski definition) is 2. The molecule has 1 heterocycles. The summed E-state index contributed by atoms with van der Waals surface area (Å²) in [6, 6.07) is 0. The maximum atomic E-state index is 12.1. The van der Waals surface area contributed by atoms with Crippen LogP contribution in [-0.4, -0.2) is 34.9 Å². The Bertz CT molecular complexity index is 414. The summed E-state index contributed by atoms with van der Waals surface area (Å²) in [4.78, 5) is 12.1. The number of anilines is 1. The number of aryl methyl sites for hydroxylation is 2. The monoisotopic (exact) mass is 254 g/mol. The van der Waals surface area contributed by atoms with Crippen LogP contribution in [0, 0.1) is 6.92 Å². The van der Waals surface area contributed by atoms with E-state index in [4.69, 9.17) is 10.5 Å². The second kappa shape index (κ2) is 6.39. The van der Waals surface area contributed by atoms with Crippen LogP contribution in [0.15, 0.2) is 0 Å². The van der Waals surface area contributed by atoms with Crippen LogP contribution >= 0.6 is 0 Å². The first-order valence-electron chi connectivity index (χ1n) is 6.23. The molecule has 6 nitrogen and oxygen atoms in total. The summed E-state index contributed by atoms with van der Waals surface area (Å²) in [6.07, 6.45) is -0.0146. The molecule has 3 N–H and O–H groups in total. The summed E-state index contributed by atoms with van der Waals surface area (Å²) >= 11 is 0. The average molecular weight is 254 g/mol. The molecule has 0 aliphatic rings. The zero-order valence-corrected chi connectivity index (χ0v) is 11.5. The highest BCUT2D eigenvalue weighted by molar-refractivity contribution is 5.97. The number of nitrogens with two attached hydrogens (primary N) is 1. The summed E-state index contributed by atoms with van der Waals surface area (Å²) in [5.41, 5.74) is 7.42. The van der Waals surface area contributed by atoms with E-state index in [0.29, 0.717) is 36.8 Å². The van der Waals surface area contributed by atoms with Gasteiger partial charge >= 0.3 is 0 Å². The Balaban J connectivity index is 2.72. The molecule has 0 saturated carbocycles. The molecular weight excluding hydrogens is 232 g/mol. The molecule has 1 atom stereocenters. The van der Waals surface area contributed by atoms with Gasteiger partial charge in [-0.3, -0.25) is 9.48 Å². The predicted octanol–water partition coefficient (Wildman–Crippen LogP) is 0.948. The first kappa shape index (κ1) is 14.5. The average Bonchev–Trinajstić information content (AvgIpc) is 2.63. The molecule has 0 saturated heterocycles. The Morgan fingerprint density at radius 1 is 1.56 bits per heavy atom. The fraction of sp³-hybridized carbons (Fsp3) is 0.667. The third kappa shape index (κ3) is 3.22. The van der Waals surface area contributed by atoms with Crippen molar-refractivity contribution in [3.05, 3.63) is 11.4 Å². The predicted molar refractivity (Wildman–Crippen MR) is 70.5 cm³/mol. The van der Waals surface area contributed by atoms with Gasteiger partial charge in [0.2, 0.25) is 0 Å². The van der Waals surface area contributed by atoms with Gasteiger partial charge in [-0.05, 0) is 27.7 Å². The van der Waals surface area contributed by atoms with Crippen molar-refractivity contribution >= 4 is 11.6 Å². The summed E-state index contributed by atoms with van der Waals surface area (Å²) in [6.45, 7) is 9.25. The molecule has 0 bridgehead atoms. The number of hydrogen-bond acceptors (Lipinski definition) is 4. The fourth-order valence-corrected chi connectivity index (χ4v) is 1.73. The summed E-state index contributed by atoms with van der Waals surface area (Å²) in [5.74, 6) is -0.207. The molecule has 1 unspecified atom stereocenters. The normalized spacial score (nSPS) is 12.4. The van der Waals surface area contributed by atoms with Crippen LogP contribution < -0.4 is 11.1 Å². The number of ether oxygens (including phenoxy) is 1. The summed E-state index contributed by atoms with van der Waals surface area (Å²) in [5, 5.41) is 7.02. The molecule has 1 amide bonds. The minimum absolute atomic E-state index is 0.0146. The molecule has 1 aromatic rings. The Morgan fingerprint density at radius 3 is 2.78 bits per heavy atom. The van der Waals surface area contributed by atoms with E-state index in [1.54, 1.807) is 11.6 Å². The van der Waals surface area contributed by atoms with Gasteiger partial charge in [-0.1, -0.05) is 0 Å². The lowest BCUT2D eigenvalue weighted by atomic mass is 10.3. The van der Waals surface area contributed by atoms with Crippen molar-refractivity contribution in [1.82, 2.24) is 15.1 Å². The van der Waals surface area contributed by atoms with Gasteiger partial charge in [-0.25, -0.2) is 0 Å². The third-order valence-electron chi connectivity index (χ3n) is 2.69. The molecule has 0 fully saturated rings. The largest absolute Gasteiger partial charge is 0.395 e. The molecule has 18 heavy (non-hydrogen) atoms. The van der Waals surface area contributed by atoms with Crippen LogP contribution in [0.1, 0.15) is 37.0 Å². The van der Waals surface area contributed by atoms with E-state index in [-0.39, 0.29) is 12.0 Å². The molecule has 6 heteroatoms. The van der Waals surface area contributed by atoms with E-state index >= 15 is 0 Å². The van der Waals surface area contributed by atoms with E-state index in [1.807, 2.05) is 20.8 Å². The fourth-order valence-electron chi connectivity index (χ4n) is 1.73. The number of nitrogens with zero attached hydrogens (tertiary/aromatic N) is 2. The molecule has 0 aliphatic carbocycles. The summed E-state index contributed by atoms with van der Waals surface area (Å²) in [7, 11) is 0. The zero-order valence-electron chi connectivity index (χ0n) is 11.5. The van der Waals surface area contributed by atoms with Crippen LogP contribution in [0.2, 0.25) is 0 Å². The molecule has 0 spiro atoms. The summed E-state index contributed by atoms with van der Waals surface area (Å²) < 4.78 is 6.97. The number of carbonyl (C=O) groups is 1. The minimum atomic E-state index is -0.207. The number of rotatable bonds is 6. The van der Waals surface area contributed by atoms with Gasteiger partial charge in [-0.15, -0.1) is 0 Å². The van der Waals surface area contributed by atoms with Crippen LogP contribution in [0.3, 0.4) is 0 Å². The second-order valence-corrected chi connectivity index (χ2v) is 4.14. The topological polar surface area (TPSA) is 82.2 Å². The van der Waals surface area contributed by atoms with Gasteiger partial charge in [0.05, 0.1) is 17.5 Å². The highest BCUT2D eigenvalue weighted by atomic mass is 16.5. The van der Waals surface area contributed by atoms with Gasteiger partial charge in [-0.2, -0.15) is 5.10 Å². The first-order chi connectivity index (χ1) is 8.51. The lowest BCUT2D eigenvalue weighted by molar-refractivity contribution is 0.0691. The third-order valence-corrected chi connectivity index (χ3v) is 2.69. The van der Waals surface area contributed by atoms with Crippen molar-refractivity contribution in [1.29, 1.82) is 0 Å². The van der Waals surface area contributed by atoms with E-state index in [0.717, 1.165) is 0 Å².